The Morgan fingerprint density at radius 1 is 1.17 bits per heavy atom. The molecule has 3 rings (SSSR count). The average molecular weight is 437 g/mol. The summed E-state index contributed by atoms with van der Waals surface area (Å²) in [6.45, 7) is -0.484. The summed E-state index contributed by atoms with van der Waals surface area (Å²) >= 11 is 7.14. The number of ether oxygens (including phenoxy) is 2. The van der Waals surface area contributed by atoms with Gasteiger partial charge in [-0.25, -0.2) is 14.6 Å². The lowest BCUT2D eigenvalue weighted by atomic mass is 9.96. The van der Waals surface area contributed by atoms with Crippen LogP contribution in [0.1, 0.15) is 56.8 Å². The van der Waals surface area contributed by atoms with Crippen LogP contribution in [-0.2, 0) is 27.1 Å². The van der Waals surface area contributed by atoms with E-state index in [1.807, 2.05) is 0 Å². The highest BCUT2D eigenvalue weighted by molar-refractivity contribution is 7.17. The maximum atomic E-state index is 12.4. The Balaban J connectivity index is 1.71. The summed E-state index contributed by atoms with van der Waals surface area (Å²) in [6.07, 6.45) is 7.35. The molecule has 2 aromatic rings. The topological polar surface area (TPSA) is 94.6 Å². The van der Waals surface area contributed by atoms with E-state index in [0.717, 1.165) is 49.0 Å². The highest BCUT2D eigenvalue weighted by Gasteiger charge is 2.26. The summed E-state index contributed by atoms with van der Waals surface area (Å²) in [5.74, 6) is -1.68. The minimum absolute atomic E-state index is 0.155. The van der Waals surface area contributed by atoms with Crippen LogP contribution < -0.4 is 5.32 Å². The van der Waals surface area contributed by atoms with E-state index in [0.29, 0.717) is 10.6 Å². The van der Waals surface area contributed by atoms with Gasteiger partial charge in [0.1, 0.15) is 10.2 Å². The summed E-state index contributed by atoms with van der Waals surface area (Å²) in [7, 11) is 1.32. The number of fused-ring (bicyclic) bond motifs is 1. The number of nitrogens with zero attached hydrogens (tertiary/aromatic N) is 1. The third-order valence-electron chi connectivity index (χ3n) is 4.61. The molecule has 1 aliphatic carbocycles. The largest absolute Gasteiger partial charge is 0.465 e. The van der Waals surface area contributed by atoms with Crippen LogP contribution in [0.5, 0.6) is 0 Å². The van der Waals surface area contributed by atoms with Crippen molar-refractivity contribution in [1.82, 2.24) is 4.98 Å². The van der Waals surface area contributed by atoms with E-state index in [1.165, 1.54) is 36.8 Å². The molecular formula is C20H21ClN2O5S. The second-order valence-electron chi connectivity index (χ2n) is 6.61. The monoisotopic (exact) mass is 436 g/mol. The zero-order chi connectivity index (χ0) is 20.8. The molecule has 1 aliphatic rings. The van der Waals surface area contributed by atoms with Gasteiger partial charge in [-0.15, -0.1) is 11.3 Å². The van der Waals surface area contributed by atoms with Gasteiger partial charge in [-0.05, 0) is 43.4 Å². The third kappa shape index (κ3) is 5.33. The first-order chi connectivity index (χ1) is 14.0. The number of thiophene rings is 1. The number of carbonyl (C=O) groups is 3. The van der Waals surface area contributed by atoms with Gasteiger partial charge in [0, 0.05) is 11.1 Å². The van der Waals surface area contributed by atoms with E-state index >= 15 is 0 Å². The SMILES string of the molecule is COC(=O)c1c(NC(=O)COC(=O)c2ccnc(Cl)c2)sc2c1CCCCCC2. The van der Waals surface area contributed by atoms with Gasteiger partial charge >= 0.3 is 11.9 Å². The molecule has 29 heavy (non-hydrogen) atoms. The number of hydrogen-bond donors (Lipinski definition) is 1. The molecule has 9 heteroatoms. The second-order valence-corrected chi connectivity index (χ2v) is 8.10. The van der Waals surface area contributed by atoms with Crippen LogP contribution in [0, 0.1) is 0 Å². The molecule has 0 saturated heterocycles. The van der Waals surface area contributed by atoms with Crippen molar-refractivity contribution < 1.29 is 23.9 Å². The number of aromatic nitrogens is 1. The molecule has 0 aliphatic heterocycles. The van der Waals surface area contributed by atoms with Gasteiger partial charge in [0.25, 0.3) is 5.91 Å². The fraction of sp³-hybridized carbons (Fsp3) is 0.400. The van der Waals surface area contributed by atoms with Crippen molar-refractivity contribution in [2.45, 2.75) is 38.5 Å². The van der Waals surface area contributed by atoms with Gasteiger partial charge in [-0.2, -0.15) is 0 Å². The summed E-state index contributed by atoms with van der Waals surface area (Å²) in [5.41, 5.74) is 1.57. The van der Waals surface area contributed by atoms with E-state index in [9.17, 15) is 14.4 Å². The normalized spacial score (nSPS) is 13.6. The quantitative estimate of drug-likeness (QED) is 0.561. The minimum atomic E-state index is -0.684. The Labute approximate surface area is 177 Å². The van der Waals surface area contributed by atoms with Crippen molar-refractivity contribution >= 4 is 45.8 Å². The molecule has 0 fully saturated rings. The van der Waals surface area contributed by atoms with E-state index in [4.69, 9.17) is 21.1 Å². The number of anilines is 1. The highest BCUT2D eigenvalue weighted by atomic mass is 35.5. The molecule has 0 atom stereocenters. The molecule has 7 nitrogen and oxygen atoms in total. The Morgan fingerprint density at radius 2 is 1.93 bits per heavy atom. The van der Waals surface area contributed by atoms with Crippen LogP contribution in [0.25, 0.3) is 0 Å². The lowest BCUT2D eigenvalue weighted by molar-refractivity contribution is -0.119. The van der Waals surface area contributed by atoms with E-state index in [2.05, 4.69) is 10.3 Å². The lowest BCUT2D eigenvalue weighted by Crippen LogP contribution is -2.21. The zero-order valence-corrected chi connectivity index (χ0v) is 17.5. The van der Waals surface area contributed by atoms with Gasteiger partial charge in [0.15, 0.2) is 6.61 Å². The molecular weight excluding hydrogens is 416 g/mol. The molecule has 2 aromatic heterocycles. The first-order valence-corrected chi connectivity index (χ1v) is 10.5. The van der Waals surface area contributed by atoms with Gasteiger partial charge < -0.3 is 14.8 Å². The fourth-order valence-corrected chi connectivity index (χ4v) is 4.70. The van der Waals surface area contributed by atoms with Crippen molar-refractivity contribution in [3.05, 3.63) is 45.1 Å². The summed E-state index contributed by atoms with van der Waals surface area (Å²) < 4.78 is 9.97. The van der Waals surface area contributed by atoms with Gasteiger partial charge in [-0.3, -0.25) is 4.79 Å². The zero-order valence-electron chi connectivity index (χ0n) is 16.0. The van der Waals surface area contributed by atoms with Crippen LogP contribution in [0.4, 0.5) is 5.00 Å². The number of nitrogens with one attached hydrogen (secondary N) is 1. The predicted octanol–water partition coefficient (Wildman–Crippen LogP) is 4.04. The molecule has 0 saturated carbocycles. The number of rotatable bonds is 5. The Hall–Kier alpha value is -2.45. The van der Waals surface area contributed by atoms with Gasteiger partial charge in [0.2, 0.25) is 0 Å². The van der Waals surface area contributed by atoms with Gasteiger partial charge in [-0.1, -0.05) is 24.4 Å². The molecule has 1 amide bonds. The lowest BCUT2D eigenvalue weighted by Gasteiger charge is -2.11. The minimum Gasteiger partial charge on any atom is -0.465 e. The smallest absolute Gasteiger partial charge is 0.341 e. The van der Waals surface area contributed by atoms with Crippen molar-refractivity contribution in [1.29, 1.82) is 0 Å². The first-order valence-electron chi connectivity index (χ1n) is 9.31. The Bertz CT molecular complexity index is 928. The predicted molar refractivity (Wildman–Crippen MR) is 110 cm³/mol. The summed E-state index contributed by atoms with van der Waals surface area (Å²) in [6, 6.07) is 2.80. The van der Waals surface area contributed by atoms with Crippen molar-refractivity contribution in [2.75, 3.05) is 19.0 Å². The number of esters is 2. The van der Waals surface area contributed by atoms with E-state index in [1.54, 1.807) is 0 Å². The van der Waals surface area contributed by atoms with Gasteiger partial charge in [0.05, 0.1) is 18.2 Å². The standard InChI is InChI=1S/C20H21ClN2O5S/c1-27-20(26)17-13-6-4-2-3-5-7-14(13)29-18(17)23-16(24)11-28-19(25)12-8-9-22-15(21)10-12/h8-10H,2-7,11H2,1H3,(H,23,24). The van der Waals surface area contributed by atoms with Crippen LogP contribution in [-0.4, -0.2) is 36.5 Å². The maximum Gasteiger partial charge on any atom is 0.341 e. The molecule has 2 heterocycles. The van der Waals surface area contributed by atoms with Crippen molar-refractivity contribution in [3.8, 4) is 0 Å². The fourth-order valence-electron chi connectivity index (χ4n) is 3.23. The molecule has 0 bridgehead atoms. The molecule has 0 aromatic carbocycles. The van der Waals surface area contributed by atoms with Crippen molar-refractivity contribution in [2.24, 2.45) is 0 Å². The number of pyridine rings is 1. The number of methoxy groups -OCH3 is 1. The molecule has 0 unspecified atom stereocenters. The first kappa shape index (κ1) is 21.3. The summed E-state index contributed by atoms with van der Waals surface area (Å²) in [5, 5.41) is 3.30. The maximum absolute atomic E-state index is 12.4. The number of hydrogen-bond acceptors (Lipinski definition) is 7. The molecule has 0 radical (unpaired) electrons. The number of halogens is 1. The summed E-state index contributed by atoms with van der Waals surface area (Å²) in [4.78, 5) is 41.7. The third-order valence-corrected chi connectivity index (χ3v) is 6.02. The van der Waals surface area contributed by atoms with E-state index in [-0.39, 0.29) is 10.7 Å². The van der Waals surface area contributed by atoms with Crippen LogP contribution in [0.2, 0.25) is 5.15 Å². The molecule has 0 spiro atoms. The Morgan fingerprint density at radius 3 is 2.66 bits per heavy atom. The Kier molecular flexibility index (Phi) is 7.22. The number of amides is 1. The van der Waals surface area contributed by atoms with E-state index < -0.39 is 24.5 Å². The molecule has 154 valence electrons. The number of carbonyl (C=O) groups excluding carboxylic acids is 3. The van der Waals surface area contributed by atoms with Crippen molar-refractivity contribution in [3.63, 3.8) is 0 Å². The average Bonchev–Trinajstić information content (AvgIpc) is 3.01. The second kappa shape index (κ2) is 9.84. The number of aryl methyl sites for hydroxylation is 1. The van der Waals surface area contributed by atoms with Crippen LogP contribution in [0.3, 0.4) is 0 Å². The van der Waals surface area contributed by atoms with Crippen LogP contribution in [0.15, 0.2) is 18.3 Å². The van der Waals surface area contributed by atoms with Crippen LogP contribution >= 0.6 is 22.9 Å². The highest BCUT2D eigenvalue weighted by Crippen LogP contribution is 2.37. The molecule has 1 N–H and O–H groups in total.